The van der Waals surface area contributed by atoms with Crippen LogP contribution in [0.3, 0.4) is 0 Å². The van der Waals surface area contributed by atoms with Gasteiger partial charge in [-0.15, -0.1) is 0 Å². The van der Waals surface area contributed by atoms with Crippen LogP contribution in [0.5, 0.6) is 0 Å². The molecule has 160 valence electrons. The van der Waals surface area contributed by atoms with Gasteiger partial charge in [-0.05, 0) is 48.0 Å². The molecule has 2 aromatic rings. The van der Waals surface area contributed by atoms with Gasteiger partial charge in [-0.25, -0.2) is 0 Å². The second kappa shape index (κ2) is 13.0. The molecule has 0 radical (unpaired) electrons. The monoisotopic (exact) mass is 402 g/mol. The summed E-state index contributed by atoms with van der Waals surface area (Å²) in [5.74, 6) is 0.276. The first-order valence-electron chi connectivity index (χ1n) is 11.8. The van der Waals surface area contributed by atoms with E-state index in [4.69, 9.17) is 0 Å². The highest BCUT2D eigenvalue weighted by atomic mass is 16.1. The minimum Gasteiger partial charge on any atom is -0.289 e. The van der Waals surface area contributed by atoms with E-state index in [0.29, 0.717) is 0 Å². The SMILES string of the molecule is CCCC(C(=O)C(CCC)=C(CCC)c1ccccc1)=C(CCC)c1ccccc1. The molecule has 0 N–H and O–H groups in total. The second-order valence-electron chi connectivity index (χ2n) is 7.98. The molecule has 0 bridgehead atoms. The molecule has 0 aliphatic heterocycles. The fourth-order valence-corrected chi connectivity index (χ4v) is 4.20. The van der Waals surface area contributed by atoms with Gasteiger partial charge in [-0.3, -0.25) is 4.79 Å². The van der Waals surface area contributed by atoms with Crippen molar-refractivity contribution in [3.05, 3.63) is 82.9 Å². The van der Waals surface area contributed by atoms with E-state index in [0.717, 1.165) is 62.5 Å². The van der Waals surface area contributed by atoms with Gasteiger partial charge in [0.2, 0.25) is 0 Å². The van der Waals surface area contributed by atoms with Crippen molar-refractivity contribution in [1.82, 2.24) is 0 Å². The Bertz CT molecular complexity index is 769. The van der Waals surface area contributed by atoms with Gasteiger partial charge in [0, 0.05) is 11.1 Å². The van der Waals surface area contributed by atoms with E-state index in [1.54, 1.807) is 0 Å². The highest BCUT2D eigenvalue weighted by Gasteiger charge is 2.22. The molecule has 0 saturated heterocycles. The van der Waals surface area contributed by atoms with Crippen LogP contribution < -0.4 is 0 Å². The van der Waals surface area contributed by atoms with Crippen molar-refractivity contribution in [1.29, 1.82) is 0 Å². The molecule has 1 heteroatoms. The zero-order valence-electron chi connectivity index (χ0n) is 19.3. The van der Waals surface area contributed by atoms with E-state index in [-0.39, 0.29) is 5.78 Å². The number of allylic oxidation sites excluding steroid dienone is 4. The zero-order valence-corrected chi connectivity index (χ0v) is 19.3. The van der Waals surface area contributed by atoms with E-state index < -0.39 is 0 Å². The van der Waals surface area contributed by atoms with Gasteiger partial charge in [0.1, 0.15) is 0 Å². The molecule has 30 heavy (non-hydrogen) atoms. The molecular weight excluding hydrogens is 364 g/mol. The minimum atomic E-state index is 0.276. The molecule has 0 fully saturated rings. The van der Waals surface area contributed by atoms with Crippen molar-refractivity contribution in [2.75, 3.05) is 0 Å². The third-order valence-electron chi connectivity index (χ3n) is 5.52. The van der Waals surface area contributed by atoms with Crippen LogP contribution in [0.2, 0.25) is 0 Å². The van der Waals surface area contributed by atoms with Gasteiger partial charge < -0.3 is 0 Å². The maximum atomic E-state index is 14.1. The average Bonchev–Trinajstić information content (AvgIpc) is 2.79. The predicted molar refractivity (Wildman–Crippen MR) is 131 cm³/mol. The molecule has 0 aliphatic rings. The molecule has 0 atom stereocenters. The normalized spacial score (nSPS) is 12.9. The Morgan fingerprint density at radius 3 is 1.17 bits per heavy atom. The van der Waals surface area contributed by atoms with Crippen LogP contribution >= 0.6 is 0 Å². The van der Waals surface area contributed by atoms with Crippen LogP contribution in [-0.4, -0.2) is 5.78 Å². The topological polar surface area (TPSA) is 17.1 Å². The summed E-state index contributed by atoms with van der Waals surface area (Å²) in [4.78, 5) is 14.1. The summed E-state index contributed by atoms with van der Waals surface area (Å²) in [5.41, 5.74) is 6.93. The van der Waals surface area contributed by atoms with Gasteiger partial charge >= 0.3 is 0 Å². The van der Waals surface area contributed by atoms with Gasteiger partial charge in [0.05, 0.1) is 0 Å². The lowest BCUT2D eigenvalue weighted by Gasteiger charge is -2.19. The Balaban J connectivity index is 2.70. The van der Waals surface area contributed by atoms with Crippen molar-refractivity contribution < 1.29 is 4.79 Å². The molecule has 1 nitrogen and oxygen atoms in total. The zero-order chi connectivity index (χ0) is 21.8. The smallest absolute Gasteiger partial charge is 0.185 e. The summed E-state index contributed by atoms with van der Waals surface area (Å²) < 4.78 is 0. The van der Waals surface area contributed by atoms with Crippen LogP contribution in [0.1, 0.15) is 90.2 Å². The second-order valence-corrected chi connectivity index (χ2v) is 7.98. The Morgan fingerprint density at radius 1 is 0.533 bits per heavy atom. The van der Waals surface area contributed by atoms with Crippen LogP contribution in [0.25, 0.3) is 11.1 Å². The molecule has 0 saturated carbocycles. The highest BCUT2D eigenvalue weighted by Crippen LogP contribution is 2.34. The molecular formula is C29H38O. The van der Waals surface area contributed by atoms with Crippen molar-refractivity contribution in [2.24, 2.45) is 0 Å². The quantitative estimate of drug-likeness (QED) is 0.325. The molecule has 2 aromatic carbocycles. The Hall–Kier alpha value is -2.41. The fraction of sp³-hybridized carbons (Fsp3) is 0.414. The molecule has 0 aromatic heterocycles. The van der Waals surface area contributed by atoms with Gasteiger partial charge in [0.25, 0.3) is 0 Å². The van der Waals surface area contributed by atoms with Gasteiger partial charge in [0.15, 0.2) is 5.78 Å². The van der Waals surface area contributed by atoms with Gasteiger partial charge in [-0.2, -0.15) is 0 Å². The fourth-order valence-electron chi connectivity index (χ4n) is 4.20. The molecule has 0 spiro atoms. The minimum absolute atomic E-state index is 0.276. The summed E-state index contributed by atoms with van der Waals surface area (Å²) in [6, 6.07) is 21.0. The first-order valence-corrected chi connectivity index (χ1v) is 11.8. The lowest BCUT2D eigenvalue weighted by atomic mass is 9.84. The first kappa shape index (κ1) is 23.9. The van der Waals surface area contributed by atoms with E-state index in [9.17, 15) is 4.79 Å². The Kier molecular flexibility index (Phi) is 10.3. The van der Waals surface area contributed by atoms with E-state index in [2.05, 4.69) is 76.2 Å². The lowest BCUT2D eigenvalue weighted by molar-refractivity contribution is -0.112. The predicted octanol–water partition coefficient (Wildman–Crippen LogP) is 8.66. The van der Waals surface area contributed by atoms with Crippen molar-refractivity contribution >= 4 is 16.9 Å². The largest absolute Gasteiger partial charge is 0.289 e. The van der Waals surface area contributed by atoms with Crippen molar-refractivity contribution in [3.63, 3.8) is 0 Å². The standard InChI is InChI=1S/C29H38O/c1-5-15-25(23-19-11-9-12-20-23)27(17-7-3)29(30)28(18-8-4)26(16-6-2)24-21-13-10-14-22-24/h9-14,19-22H,5-8,15-18H2,1-4H3. The van der Waals surface area contributed by atoms with Crippen LogP contribution in [0.4, 0.5) is 0 Å². The number of rotatable bonds is 12. The van der Waals surface area contributed by atoms with Crippen molar-refractivity contribution in [2.45, 2.75) is 79.1 Å². The lowest BCUT2D eigenvalue weighted by Crippen LogP contribution is -2.12. The van der Waals surface area contributed by atoms with Crippen LogP contribution in [0.15, 0.2) is 71.8 Å². The van der Waals surface area contributed by atoms with Crippen molar-refractivity contribution in [3.8, 4) is 0 Å². The average molecular weight is 403 g/mol. The number of hydrogen-bond acceptors (Lipinski definition) is 1. The summed E-state index contributed by atoms with van der Waals surface area (Å²) >= 11 is 0. The Labute approximate surface area is 183 Å². The number of carbonyl (C=O) groups excluding carboxylic acids is 1. The maximum Gasteiger partial charge on any atom is 0.185 e. The van der Waals surface area contributed by atoms with E-state index in [1.165, 1.54) is 22.3 Å². The molecule has 0 unspecified atom stereocenters. The highest BCUT2D eigenvalue weighted by molar-refractivity contribution is 6.16. The molecule has 0 heterocycles. The number of carbonyl (C=O) groups is 1. The Morgan fingerprint density at radius 2 is 0.867 bits per heavy atom. The first-order chi connectivity index (χ1) is 14.7. The summed E-state index contributed by atoms with van der Waals surface area (Å²) in [5, 5.41) is 0. The molecule has 0 amide bonds. The molecule has 0 aliphatic carbocycles. The third-order valence-corrected chi connectivity index (χ3v) is 5.52. The molecule has 2 rings (SSSR count). The van der Waals surface area contributed by atoms with Gasteiger partial charge in [-0.1, -0.05) is 114 Å². The third kappa shape index (κ3) is 6.29. The van der Waals surface area contributed by atoms with E-state index >= 15 is 0 Å². The number of benzene rings is 2. The maximum absolute atomic E-state index is 14.1. The summed E-state index contributed by atoms with van der Waals surface area (Å²) in [6.45, 7) is 8.75. The van der Waals surface area contributed by atoms with Crippen LogP contribution in [0, 0.1) is 0 Å². The number of Topliss-reactive ketones (excluding diaryl/α,β-unsaturated/α-hetero) is 1. The number of hydrogen-bond donors (Lipinski definition) is 0. The van der Waals surface area contributed by atoms with E-state index in [1.807, 2.05) is 12.1 Å². The summed E-state index contributed by atoms with van der Waals surface area (Å²) in [6.07, 6.45) is 7.60. The summed E-state index contributed by atoms with van der Waals surface area (Å²) in [7, 11) is 0. The number of ketones is 1. The van der Waals surface area contributed by atoms with Crippen LogP contribution in [-0.2, 0) is 4.79 Å².